The SMILES string of the molecule is CC(O)C(C)Oc1ccc(CNC2CC2)cc1. The molecule has 94 valence electrons. The Hall–Kier alpha value is -1.06. The van der Waals surface area contributed by atoms with Crippen molar-refractivity contribution in [1.82, 2.24) is 5.32 Å². The molecule has 2 rings (SSSR count). The zero-order chi connectivity index (χ0) is 12.3. The minimum absolute atomic E-state index is 0.176. The van der Waals surface area contributed by atoms with E-state index in [1.54, 1.807) is 6.92 Å². The van der Waals surface area contributed by atoms with Crippen LogP contribution in [0.2, 0.25) is 0 Å². The Morgan fingerprint density at radius 3 is 2.47 bits per heavy atom. The summed E-state index contributed by atoms with van der Waals surface area (Å²) in [6.45, 7) is 4.53. The maximum absolute atomic E-state index is 9.35. The van der Waals surface area contributed by atoms with Gasteiger partial charge in [0.25, 0.3) is 0 Å². The first kappa shape index (κ1) is 12.4. The Labute approximate surface area is 103 Å². The zero-order valence-electron chi connectivity index (χ0n) is 10.5. The summed E-state index contributed by atoms with van der Waals surface area (Å²) in [6.07, 6.45) is 2.00. The van der Waals surface area contributed by atoms with Crippen LogP contribution in [0, 0.1) is 0 Å². The molecule has 1 fully saturated rings. The Morgan fingerprint density at radius 1 is 1.29 bits per heavy atom. The van der Waals surface area contributed by atoms with Crippen LogP contribution in [0.3, 0.4) is 0 Å². The molecule has 0 aromatic heterocycles. The van der Waals surface area contributed by atoms with Crippen molar-refractivity contribution in [1.29, 1.82) is 0 Å². The van der Waals surface area contributed by atoms with Crippen LogP contribution in [0.1, 0.15) is 32.3 Å². The summed E-state index contributed by atoms with van der Waals surface area (Å²) in [5.74, 6) is 0.813. The number of hydrogen-bond donors (Lipinski definition) is 2. The van der Waals surface area contributed by atoms with E-state index in [1.807, 2.05) is 19.1 Å². The fourth-order valence-electron chi connectivity index (χ4n) is 1.55. The predicted octanol–water partition coefficient (Wildman–Crippen LogP) is 2.09. The van der Waals surface area contributed by atoms with Gasteiger partial charge in [0.2, 0.25) is 0 Å². The molecule has 2 atom stereocenters. The molecule has 17 heavy (non-hydrogen) atoms. The normalized spacial score (nSPS) is 18.8. The molecular formula is C14H21NO2. The lowest BCUT2D eigenvalue weighted by Gasteiger charge is -2.17. The molecule has 1 aliphatic carbocycles. The highest BCUT2D eigenvalue weighted by Gasteiger charge is 2.19. The van der Waals surface area contributed by atoms with E-state index < -0.39 is 6.10 Å². The molecule has 3 heteroatoms. The smallest absolute Gasteiger partial charge is 0.121 e. The first-order valence-corrected chi connectivity index (χ1v) is 6.32. The number of nitrogens with one attached hydrogen (secondary N) is 1. The van der Waals surface area contributed by atoms with Crippen molar-refractivity contribution >= 4 is 0 Å². The highest BCUT2D eigenvalue weighted by molar-refractivity contribution is 5.27. The van der Waals surface area contributed by atoms with Crippen LogP contribution >= 0.6 is 0 Å². The van der Waals surface area contributed by atoms with Crippen LogP contribution in [-0.2, 0) is 6.54 Å². The molecule has 0 radical (unpaired) electrons. The minimum Gasteiger partial charge on any atom is -0.488 e. The molecular weight excluding hydrogens is 214 g/mol. The van der Waals surface area contributed by atoms with Gasteiger partial charge in [-0.2, -0.15) is 0 Å². The van der Waals surface area contributed by atoms with Gasteiger partial charge < -0.3 is 15.2 Å². The van der Waals surface area contributed by atoms with Gasteiger partial charge in [-0.3, -0.25) is 0 Å². The summed E-state index contributed by atoms with van der Waals surface area (Å²) in [6, 6.07) is 8.80. The van der Waals surface area contributed by atoms with Gasteiger partial charge in [-0.15, -0.1) is 0 Å². The maximum atomic E-state index is 9.35. The number of ether oxygens (including phenoxy) is 1. The van der Waals surface area contributed by atoms with Crippen molar-refractivity contribution in [3.8, 4) is 5.75 Å². The summed E-state index contributed by atoms with van der Waals surface area (Å²) >= 11 is 0. The molecule has 3 nitrogen and oxygen atoms in total. The summed E-state index contributed by atoms with van der Waals surface area (Å²) in [5.41, 5.74) is 1.27. The lowest BCUT2D eigenvalue weighted by Crippen LogP contribution is -2.25. The molecule has 1 aliphatic rings. The van der Waals surface area contributed by atoms with Gasteiger partial charge in [0.05, 0.1) is 6.10 Å². The van der Waals surface area contributed by atoms with Crippen molar-refractivity contribution in [2.75, 3.05) is 0 Å². The van der Waals surface area contributed by atoms with E-state index in [-0.39, 0.29) is 6.10 Å². The first-order chi connectivity index (χ1) is 8.15. The fourth-order valence-corrected chi connectivity index (χ4v) is 1.55. The lowest BCUT2D eigenvalue weighted by molar-refractivity contribution is 0.0604. The van der Waals surface area contributed by atoms with Gasteiger partial charge in [-0.1, -0.05) is 12.1 Å². The van der Waals surface area contributed by atoms with E-state index in [2.05, 4.69) is 17.4 Å². The largest absolute Gasteiger partial charge is 0.488 e. The third kappa shape index (κ3) is 4.02. The van der Waals surface area contributed by atoms with E-state index in [1.165, 1.54) is 18.4 Å². The molecule has 0 bridgehead atoms. The maximum Gasteiger partial charge on any atom is 0.121 e. The third-order valence-corrected chi connectivity index (χ3v) is 3.10. The van der Waals surface area contributed by atoms with Crippen molar-refractivity contribution < 1.29 is 9.84 Å². The van der Waals surface area contributed by atoms with Crippen LogP contribution in [-0.4, -0.2) is 23.4 Å². The molecule has 0 amide bonds. The molecule has 1 saturated carbocycles. The lowest BCUT2D eigenvalue weighted by atomic mass is 10.2. The van der Waals surface area contributed by atoms with Gasteiger partial charge in [-0.25, -0.2) is 0 Å². The van der Waals surface area contributed by atoms with Crippen molar-refractivity contribution in [2.45, 2.75) is 51.5 Å². The van der Waals surface area contributed by atoms with E-state index in [9.17, 15) is 5.11 Å². The number of benzene rings is 1. The fraction of sp³-hybridized carbons (Fsp3) is 0.571. The number of aliphatic hydroxyl groups excluding tert-OH is 1. The third-order valence-electron chi connectivity index (χ3n) is 3.10. The van der Waals surface area contributed by atoms with E-state index >= 15 is 0 Å². The van der Waals surface area contributed by atoms with Gasteiger partial charge in [-0.05, 0) is 44.4 Å². The van der Waals surface area contributed by atoms with E-state index in [4.69, 9.17) is 4.74 Å². The number of rotatable bonds is 6. The van der Waals surface area contributed by atoms with Crippen LogP contribution in [0.4, 0.5) is 0 Å². The second kappa shape index (κ2) is 5.52. The summed E-state index contributed by atoms with van der Waals surface area (Å²) in [5, 5.41) is 12.8. The van der Waals surface area contributed by atoms with Crippen LogP contribution < -0.4 is 10.1 Å². The van der Waals surface area contributed by atoms with E-state index in [0.717, 1.165) is 18.3 Å². The van der Waals surface area contributed by atoms with Crippen molar-refractivity contribution in [3.63, 3.8) is 0 Å². The molecule has 0 heterocycles. The standard InChI is InChI=1S/C14H21NO2/c1-10(16)11(2)17-14-7-3-12(4-8-14)9-15-13-5-6-13/h3-4,7-8,10-11,13,15-16H,5-6,9H2,1-2H3. The second-order valence-corrected chi connectivity index (χ2v) is 4.86. The molecule has 0 aliphatic heterocycles. The topological polar surface area (TPSA) is 41.5 Å². The van der Waals surface area contributed by atoms with Crippen LogP contribution in [0.15, 0.2) is 24.3 Å². The van der Waals surface area contributed by atoms with Crippen LogP contribution in [0.5, 0.6) is 5.75 Å². The molecule has 1 aromatic carbocycles. The van der Waals surface area contributed by atoms with Gasteiger partial charge in [0, 0.05) is 12.6 Å². The number of aliphatic hydroxyl groups is 1. The average molecular weight is 235 g/mol. The van der Waals surface area contributed by atoms with Crippen molar-refractivity contribution in [2.24, 2.45) is 0 Å². The Balaban J connectivity index is 1.83. The van der Waals surface area contributed by atoms with Crippen molar-refractivity contribution in [3.05, 3.63) is 29.8 Å². The van der Waals surface area contributed by atoms with Gasteiger partial charge in [0.15, 0.2) is 0 Å². The van der Waals surface area contributed by atoms with Gasteiger partial charge in [0.1, 0.15) is 11.9 Å². The Morgan fingerprint density at radius 2 is 1.94 bits per heavy atom. The highest BCUT2D eigenvalue weighted by Crippen LogP contribution is 2.20. The molecule has 1 aromatic rings. The summed E-state index contributed by atoms with van der Waals surface area (Å²) < 4.78 is 5.60. The zero-order valence-corrected chi connectivity index (χ0v) is 10.5. The quantitative estimate of drug-likeness (QED) is 0.793. The minimum atomic E-state index is -0.453. The van der Waals surface area contributed by atoms with E-state index in [0.29, 0.717) is 0 Å². The predicted molar refractivity (Wildman–Crippen MR) is 68.1 cm³/mol. The van der Waals surface area contributed by atoms with Crippen LogP contribution in [0.25, 0.3) is 0 Å². The van der Waals surface area contributed by atoms with Gasteiger partial charge >= 0.3 is 0 Å². The first-order valence-electron chi connectivity index (χ1n) is 6.32. The molecule has 2 N–H and O–H groups in total. The molecule has 2 unspecified atom stereocenters. The number of hydrogen-bond acceptors (Lipinski definition) is 3. The second-order valence-electron chi connectivity index (χ2n) is 4.86. The Bertz CT molecular complexity index is 344. The average Bonchev–Trinajstić information content (AvgIpc) is 3.12. The molecule has 0 saturated heterocycles. The summed E-state index contributed by atoms with van der Waals surface area (Å²) in [7, 11) is 0. The monoisotopic (exact) mass is 235 g/mol. The highest BCUT2D eigenvalue weighted by atomic mass is 16.5. The molecule has 0 spiro atoms. The Kier molecular flexibility index (Phi) is 4.02. The summed E-state index contributed by atoms with van der Waals surface area (Å²) in [4.78, 5) is 0.